The Morgan fingerprint density at radius 2 is 2.05 bits per heavy atom. The molecule has 7 heteroatoms. The smallest absolute Gasteiger partial charge is 0.397 e. The van der Waals surface area contributed by atoms with E-state index < -0.39 is 11.7 Å². The number of nitrogens with two attached hydrogens (primary N) is 1. The van der Waals surface area contributed by atoms with E-state index in [9.17, 15) is 18.0 Å². The number of nitrogen functional groups attached to an aromatic ring is 1. The van der Waals surface area contributed by atoms with Crippen molar-refractivity contribution in [3.8, 4) is 0 Å². The highest BCUT2D eigenvalue weighted by atomic mass is 32.2. The van der Waals surface area contributed by atoms with Gasteiger partial charge in [0.1, 0.15) is 0 Å². The molecule has 0 fully saturated rings. The van der Waals surface area contributed by atoms with E-state index >= 15 is 0 Å². The summed E-state index contributed by atoms with van der Waals surface area (Å²) in [6.45, 7) is 4.08. The maximum Gasteiger partial charge on any atom is 0.416 e. The first kappa shape index (κ1) is 16.7. The maximum atomic E-state index is 12.5. The summed E-state index contributed by atoms with van der Waals surface area (Å²) in [5.41, 5.74) is 4.80. The van der Waals surface area contributed by atoms with Crippen molar-refractivity contribution in [2.24, 2.45) is 5.92 Å². The largest absolute Gasteiger partial charge is 0.416 e. The van der Waals surface area contributed by atoms with E-state index in [0.717, 1.165) is 17.9 Å². The number of anilines is 2. The van der Waals surface area contributed by atoms with Crippen LogP contribution < -0.4 is 11.1 Å². The van der Waals surface area contributed by atoms with Gasteiger partial charge in [-0.25, -0.2) is 0 Å². The number of hydrogen-bond donors (Lipinski definition) is 2. The van der Waals surface area contributed by atoms with Crippen molar-refractivity contribution in [1.29, 1.82) is 0 Å². The third-order valence-corrected chi connectivity index (χ3v) is 3.71. The summed E-state index contributed by atoms with van der Waals surface area (Å²) in [6.07, 6.45) is -4.44. The van der Waals surface area contributed by atoms with Crippen LogP contribution in [0.2, 0.25) is 0 Å². The molecule has 0 unspecified atom stereocenters. The van der Waals surface area contributed by atoms with Gasteiger partial charge in [0.05, 0.1) is 22.7 Å². The van der Waals surface area contributed by atoms with E-state index in [1.807, 2.05) is 13.8 Å². The zero-order valence-corrected chi connectivity index (χ0v) is 12.1. The number of hydrogen-bond acceptors (Lipinski definition) is 3. The molecule has 1 aromatic carbocycles. The molecule has 0 aliphatic rings. The monoisotopic (exact) mass is 306 g/mol. The summed E-state index contributed by atoms with van der Waals surface area (Å²) in [7, 11) is 0. The molecular formula is C13H17F3N2OS. The average molecular weight is 306 g/mol. The second-order valence-corrected chi connectivity index (χ2v) is 5.79. The van der Waals surface area contributed by atoms with E-state index in [2.05, 4.69) is 5.32 Å². The van der Waals surface area contributed by atoms with Gasteiger partial charge < -0.3 is 11.1 Å². The predicted octanol–water partition coefficient (Wildman–Crippen LogP) is 3.62. The van der Waals surface area contributed by atoms with Crippen molar-refractivity contribution in [2.45, 2.75) is 20.0 Å². The predicted molar refractivity (Wildman–Crippen MR) is 76.6 cm³/mol. The minimum atomic E-state index is -4.44. The van der Waals surface area contributed by atoms with Gasteiger partial charge in [-0.15, -0.1) is 0 Å². The van der Waals surface area contributed by atoms with E-state index in [1.165, 1.54) is 17.8 Å². The summed E-state index contributed by atoms with van der Waals surface area (Å²) in [4.78, 5) is 11.6. The van der Waals surface area contributed by atoms with Crippen LogP contribution in [-0.2, 0) is 11.0 Å². The Hall–Kier alpha value is -1.37. The first-order valence-corrected chi connectivity index (χ1v) is 7.20. The van der Waals surface area contributed by atoms with Crippen molar-refractivity contribution in [2.75, 3.05) is 22.6 Å². The number of alkyl halides is 3. The normalized spacial score (nSPS) is 11.7. The highest BCUT2D eigenvalue weighted by Gasteiger charge is 2.30. The van der Waals surface area contributed by atoms with Crippen LogP contribution in [0.5, 0.6) is 0 Å². The Balaban J connectivity index is 2.62. The van der Waals surface area contributed by atoms with Crippen molar-refractivity contribution in [3.63, 3.8) is 0 Å². The summed E-state index contributed by atoms with van der Waals surface area (Å²) >= 11 is 1.47. The molecular weight excluding hydrogens is 289 g/mol. The highest BCUT2D eigenvalue weighted by Crippen LogP contribution is 2.32. The summed E-state index contributed by atoms with van der Waals surface area (Å²) in [6, 6.07) is 2.88. The lowest BCUT2D eigenvalue weighted by Gasteiger charge is -2.12. The molecule has 0 saturated heterocycles. The van der Waals surface area contributed by atoms with Gasteiger partial charge in [-0.3, -0.25) is 4.79 Å². The topological polar surface area (TPSA) is 55.1 Å². The third kappa shape index (κ3) is 5.32. The van der Waals surface area contributed by atoms with Gasteiger partial charge >= 0.3 is 6.18 Å². The molecule has 0 aliphatic heterocycles. The lowest BCUT2D eigenvalue weighted by atomic mass is 10.1. The molecule has 1 rings (SSSR count). The van der Waals surface area contributed by atoms with Crippen LogP contribution in [0.15, 0.2) is 18.2 Å². The Morgan fingerprint density at radius 3 is 2.55 bits per heavy atom. The van der Waals surface area contributed by atoms with Gasteiger partial charge in [-0.05, 0) is 29.9 Å². The first-order valence-electron chi connectivity index (χ1n) is 6.04. The number of benzene rings is 1. The molecule has 0 aromatic heterocycles. The van der Waals surface area contributed by atoms with E-state index in [4.69, 9.17) is 5.73 Å². The molecule has 1 aromatic rings. The van der Waals surface area contributed by atoms with Gasteiger partial charge in [0, 0.05) is 0 Å². The number of carbonyl (C=O) groups is 1. The molecule has 3 nitrogen and oxygen atoms in total. The summed E-state index contributed by atoms with van der Waals surface area (Å²) in [5.74, 6) is 1.29. The average Bonchev–Trinajstić information content (AvgIpc) is 2.29. The van der Waals surface area contributed by atoms with Crippen LogP contribution in [-0.4, -0.2) is 17.4 Å². The number of halogens is 3. The zero-order chi connectivity index (χ0) is 15.3. The number of carbonyl (C=O) groups excluding carboxylic acids is 1. The van der Waals surface area contributed by atoms with Crippen LogP contribution in [0, 0.1) is 5.92 Å². The third-order valence-electron chi connectivity index (χ3n) is 2.34. The molecule has 112 valence electrons. The number of thioether (sulfide) groups is 1. The van der Waals surface area contributed by atoms with Crippen molar-refractivity contribution < 1.29 is 18.0 Å². The summed E-state index contributed by atoms with van der Waals surface area (Å²) < 4.78 is 37.4. The van der Waals surface area contributed by atoms with Crippen LogP contribution in [0.1, 0.15) is 19.4 Å². The second-order valence-electron chi connectivity index (χ2n) is 4.76. The van der Waals surface area contributed by atoms with Crippen LogP contribution in [0.4, 0.5) is 24.5 Å². The number of nitrogens with one attached hydrogen (secondary N) is 1. The molecule has 0 bridgehead atoms. The molecule has 1 amide bonds. The summed E-state index contributed by atoms with van der Waals surface area (Å²) in [5, 5.41) is 2.51. The van der Waals surface area contributed by atoms with Crippen LogP contribution >= 0.6 is 11.8 Å². The Labute approximate surface area is 120 Å². The van der Waals surface area contributed by atoms with Gasteiger partial charge in [0.25, 0.3) is 0 Å². The molecule has 0 heterocycles. The fourth-order valence-corrected chi connectivity index (χ4v) is 2.27. The minimum Gasteiger partial charge on any atom is -0.397 e. The Morgan fingerprint density at radius 1 is 1.40 bits per heavy atom. The van der Waals surface area contributed by atoms with Crippen molar-refractivity contribution in [3.05, 3.63) is 23.8 Å². The van der Waals surface area contributed by atoms with Gasteiger partial charge in [0.2, 0.25) is 5.91 Å². The van der Waals surface area contributed by atoms with Crippen molar-refractivity contribution in [1.82, 2.24) is 0 Å². The zero-order valence-electron chi connectivity index (χ0n) is 11.3. The molecule has 0 aliphatic carbocycles. The standard InChI is InChI=1S/C13H17F3N2OS/c1-8(2)6-20-7-12(19)18-11-4-3-9(5-10(11)17)13(14,15)16/h3-5,8H,6-7,17H2,1-2H3,(H,18,19). The molecule has 0 spiro atoms. The maximum absolute atomic E-state index is 12.5. The lowest BCUT2D eigenvalue weighted by molar-refractivity contribution is -0.137. The van der Waals surface area contributed by atoms with Crippen molar-refractivity contribution >= 4 is 29.0 Å². The Bertz CT molecular complexity index is 475. The first-order chi connectivity index (χ1) is 9.20. The SMILES string of the molecule is CC(C)CSCC(=O)Nc1ccc(C(F)(F)F)cc1N. The highest BCUT2D eigenvalue weighted by molar-refractivity contribution is 7.99. The molecule has 3 N–H and O–H groups in total. The van der Waals surface area contributed by atoms with E-state index in [0.29, 0.717) is 5.92 Å². The van der Waals surface area contributed by atoms with Gasteiger partial charge in [-0.2, -0.15) is 24.9 Å². The van der Waals surface area contributed by atoms with E-state index in [-0.39, 0.29) is 23.0 Å². The van der Waals surface area contributed by atoms with Gasteiger partial charge in [-0.1, -0.05) is 13.8 Å². The van der Waals surface area contributed by atoms with Gasteiger partial charge in [0.15, 0.2) is 0 Å². The number of amides is 1. The molecule has 0 radical (unpaired) electrons. The second kappa shape index (κ2) is 6.88. The van der Waals surface area contributed by atoms with E-state index in [1.54, 1.807) is 0 Å². The quantitative estimate of drug-likeness (QED) is 0.817. The fourth-order valence-electron chi connectivity index (χ4n) is 1.43. The van der Waals surface area contributed by atoms with Crippen LogP contribution in [0.25, 0.3) is 0 Å². The fraction of sp³-hybridized carbons (Fsp3) is 0.462. The lowest BCUT2D eigenvalue weighted by Crippen LogP contribution is -2.16. The Kier molecular flexibility index (Phi) is 5.74. The molecule has 20 heavy (non-hydrogen) atoms. The number of rotatable bonds is 5. The molecule has 0 saturated carbocycles. The molecule has 0 atom stereocenters. The minimum absolute atomic E-state index is 0.0953. The van der Waals surface area contributed by atoms with Crippen LogP contribution in [0.3, 0.4) is 0 Å².